The molecule has 0 radical (unpaired) electrons. The van der Waals surface area contributed by atoms with E-state index in [-0.39, 0.29) is 12.3 Å². The Kier molecular flexibility index (Phi) is 3.95. The Bertz CT molecular complexity index is 579. The molecule has 2 aromatic carbocycles. The molecule has 2 heteroatoms. The highest BCUT2D eigenvalue weighted by Crippen LogP contribution is 2.30. The van der Waals surface area contributed by atoms with Crippen molar-refractivity contribution in [3.8, 4) is 0 Å². The van der Waals surface area contributed by atoms with Crippen molar-refractivity contribution in [3.63, 3.8) is 0 Å². The van der Waals surface area contributed by atoms with Crippen LogP contribution in [-0.4, -0.2) is 6.61 Å². The maximum atomic E-state index is 5.95. The zero-order valence-corrected chi connectivity index (χ0v) is 11.5. The summed E-state index contributed by atoms with van der Waals surface area (Å²) in [6.07, 6.45) is 2.77. The van der Waals surface area contributed by atoms with Crippen molar-refractivity contribution in [2.24, 2.45) is 0 Å². The smallest absolute Gasteiger partial charge is 0.135 e. The summed E-state index contributed by atoms with van der Waals surface area (Å²) >= 11 is 0. The Morgan fingerprint density at radius 1 is 1.10 bits per heavy atom. The molecule has 0 aromatic heterocycles. The lowest BCUT2D eigenvalue weighted by atomic mass is 10.0. The largest absolute Gasteiger partial charge is 0.357 e. The SMILES string of the molecule is C=CCc1ccccc1[C@@H]1N[C@@H](c2ccccc2)CO1. The molecule has 0 spiro atoms. The predicted molar refractivity (Wildman–Crippen MR) is 81.4 cm³/mol. The van der Waals surface area contributed by atoms with Crippen LogP contribution in [0.4, 0.5) is 0 Å². The van der Waals surface area contributed by atoms with Crippen molar-refractivity contribution in [3.05, 3.63) is 83.9 Å². The van der Waals surface area contributed by atoms with Gasteiger partial charge in [0.05, 0.1) is 12.6 Å². The summed E-state index contributed by atoms with van der Waals surface area (Å²) in [5.41, 5.74) is 3.76. The Balaban J connectivity index is 1.79. The Morgan fingerprint density at radius 3 is 2.65 bits per heavy atom. The van der Waals surface area contributed by atoms with Crippen molar-refractivity contribution in [2.75, 3.05) is 6.61 Å². The van der Waals surface area contributed by atoms with E-state index in [1.54, 1.807) is 0 Å². The lowest BCUT2D eigenvalue weighted by Crippen LogP contribution is -2.19. The van der Waals surface area contributed by atoms with Gasteiger partial charge in [0.15, 0.2) is 0 Å². The minimum atomic E-state index is -0.0312. The van der Waals surface area contributed by atoms with E-state index in [2.05, 4.69) is 60.4 Å². The van der Waals surface area contributed by atoms with Crippen LogP contribution >= 0.6 is 0 Å². The van der Waals surface area contributed by atoms with Crippen LogP contribution in [-0.2, 0) is 11.2 Å². The average Bonchev–Trinajstić information content (AvgIpc) is 2.99. The second kappa shape index (κ2) is 6.04. The molecule has 1 heterocycles. The Labute approximate surface area is 120 Å². The molecule has 1 fully saturated rings. The van der Waals surface area contributed by atoms with E-state index >= 15 is 0 Å². The van der Waals surface area contributed by atoms with Gasteiger partial charge in [0.1, 0.15) is 6.23 Å². The van der Waals surface area contributed by atoms with Crippen LogP contribution in [0, 0.1) is 0 Å². The molecular weight excluding hydrogens is 246 g/mol. The van der Waals surface area contributed by atoms with Gasteiger partial charge in [-0.25, -0.2) is 0 Å². The predicted octanol–water partition coefficient (Wildman–Crippen LogP) is 3.77. The third-order valence-corrected chi connectivity index (χ3v) is 3.69. The van der Waals surface area contributed by atoms with Crippen molar-refractivity contribution < 1.29 is 4.74 Å². The molecule has 102 valence electrons. The van der Waals surface area contributed by atoms with Crippen molar-refractivity contribution in [2.45, 2.75) is 18.7 Å². The fourth-order valence-corrected chi connectivity index (χ4v) is 2.66. The quantitative estimate of drug-likeness (QED) is 0.850. The summed E-state index contributed by atoms with van der Waals surface area (Å²) in [5.74, 6) is 0. The molecular formula is C18H19NO. The number of ether oxygens (including phenoxy) is 1. The molecule has 2 nitrogen and oxygen atoms in total. The second-order valence-electron chi connectivity index (χ2n) is 5.03. The summed E-state index contributed by atoms with van der Waals surface area (Å²) < 4.78 is 5.95. The molecule has 1 aliphatic rings. The summed E-state index contributed by atoms with van der Waals surface area (Å²) in [5, 5.41) is 3.57. The molecule has 0 amide bonds. The third kappa shape index (κ3) is 2.67. The zero-order valence-electron chi connectivity index (χ0n) is 11.5. The van der Waals surface area contributed by atoms with E-state index in [4.69, 9.17) is 4.74 Å². The van der Waals surface area contributed by atoms with Crippen LogP contribution in [0.3, 0.4) is 0 Å². The number of hydrogen-bond acceptors (Lipinski definition) is 2. The van der Waals surface area contributed by atoms with Gasteiger partial charge in [-0.05, 0) is 23.1 Å². The lowest BCUT2D eigenvalue weighted by molar-refractivity contribution is 0.100. The van der Waals surface area contributed by atoms with Crippen LogP contribution in [0.25, 0.3) is 0 Å². The fraction of sp³-hybridized carbons (Fsp3) is 0.222. The first-order valence-electron chi connectivity index (χ1n) is 7.00. The highest BCUT2D eigenvalue weighted by atomic mass is 16.5. The highest BCUT2D eigenvalue weighted by molar-refractivity contribution is 5.31. The van der Waals surface area contributed by atoms with E-state index in [0.717, 1.165) is 6.42 Å². The van der Waals surface area contributed by atoms with E-state index < -0.39 is 0 Å². The molecule has 2 aromatic rings. The molecule has 0 bridgehead atoms. The molecule has 1 aliphatic heterocycles. The normalized spacial score (nSPS) is 21.8. The lowest BCUT2D eigenvalue weighted by Gasteiger charge is -2.16. The van der Waals surface area contributed by atoms with Gasteiger partial charge in [-0.2, -0.15) is 0 Å². The minimum Gasteiger partial charge on any atom is -0.357 e. The topological polar surface area (TPSA) is 21.3 Å². The van der Waals surface area contributed by atoms with Crippen molar-refractivity contribution in [1.29, 1.82) is 0 Å². The number of hydrogen-bond donors (Lipinski definition) is 1. The summed E-state index contributed by atoms with van der Waals surface area (Å²) in [4.78, 5) is 0. The molecule has 3 rings (SSSR count). The summed E-state index contributed by atoms with van der Waals surface area (Å²) in [6.45, 7) is 4.53. The first-order chi connectivity index (χ1) is 9.88. The highest BCUT2D eigenvalue weighted by Gasteiger charge is 2.27. The van der Waals surface area contributed by atoms with Gasteiger partial charge in [0.25, 0.3) is 0 Å². The first kappa shape index (κ1) is 13.1. The van der Waals surface area contributed by atoms with Crippen LogP contribution in [0.15, 0.2) is 67.3 Å². The maximum absolute atomic E-state index is 5.95. The second-order valence-corrected chi connectivity index (χ2v) is 5.03. The average molecular weight is 265 g/mol. The van der Waals surface area contributed by atoms with Gasteiger partial charge < -0.3 is 4.74 Å². The van der Waals surface area contributed by atoms with Gasteiger partial charge in [-0.3, -0.25) is 5.32 Å². The molecule has 20 heavy (non-hydrogen) atoms. The molecule has 0 aliphatic carbocycles. The zero-order chi connectivity index (χ0) is 13.8. The molecule has 1 N–H and O–H groups in total. The van der Waals surface area contributed by atoms with Gasteiger partial charge in [0.2, 0.25) is 0 Å². The Hall–Kier alpha value is -1.90. The summed E-state index contributed by atoms with van der Waals surface area (Å²) in [7, 11) is 0. The van der Waals surface area contributed by atoms with Crippen molar-refractivity contribution >= 4 is 0 Å². The monoisotopic (exact) mass is 265 g/mol. The van der Waals surface area contributed by atoms with Crippen LogP contribution in [0.1, 0.15) is 29.0 Å². The standard InChI is InChI=1S/C18H19NO/c1-2-8-14-9-6-7-12-16(14)18-19-17(13-20-18)15-10-4-3-5-11-15/h2-7,9-12,17-19H,1,8,13H2/t17-,18-/m1/s1. The van der Waals surface area contributed by atoms with Gasteiger partial charge in [-0.15, -0.1) is 6.58 Å². The third-order valence-electron chi connectivity index (χ3n) is 3.69. The molecule has 2 atom stereocenters. The van der Waals surface area contributed by atoms with E-state index in [1.807, 2.05) is 12.1 Å². The van der Waals surface area contributed by atoms with Crippen LogP contribution in [0.2, 0.25) is 0 Å². The number of allylic oxidation sites excluding steroid dienone is 1. The van der Waals surface area contributed by atoms with Gasteiger partial charge >= 0.3 is 0 Å². The van der Waals surface area contributed by atoms with Gasteiger partial charge in [-0.1, -0.05) is 60.7 Å². The first-order valence-corrected chi connectivity index (χ1v) is 7.00. The molecule has 1 saturated heterocycles. The van der Waals surface area contributed by atoms with E-state index in [9.17, 15) is 0 Å². The Morgan fingerprint density at radius 2 is 1.85 bits per heavy atom. The number of nitrogens with one attached hydrogen (secondary N) is 1. The van der Waals surface area contributed by atoms with Gasteiger partial charge in [0, 0.05) is 0 Å². The molecule has 0 saturated carbocycles. The van der Waals surface area contributed by atoms with E-state index in [0.29, 0.717) is 6.61 Å². The van der Waals surface area contributed by atoms with Crippen molar-refractivity contribution in [1.82, 2.24) is 5.32 Å². The minimum absolute atomic E-state index is 0.0312. The fourth-order valence-electron chi connectivity index (χ4n) is 2.66. The van der Waals surface area contributed by atoms with Crippen LogP contribution < -0.4 is 5.32 Å². The molecule has 0 unspecified atom stereocenters. The summed E-state index contributed by atoms with van der Waals surface area (Å²) in [6, 6.07) is 19.1. The van der Waals surface area contributed by atoms with E-state index in [1.165, 1.54) is 16.7 Å². The van der Waals surface area contributed by atoms with Crippen LogP contribution in [0.5, 0.6) is 0 Å². The number of rotatable bonds is 4. The maximum Gasteiger partial charge on any atom is 0.135 e. The number of benzene rings is 2.